The third-order valence-electron chi connectivity index (χ3n) is 3.20. The molecule has 0 radical (unpaired) electrons. The van der Waals surface area contributed by atoms with Crippen molar-refractivity contribution in [2.75, 3.05) is 32.7 Å². The van der Waals surface area contributed by atoms with Crippen LogP contribution in [-0.4, -0.2) is 47.4 Å². The lowest BCUT2D eigenvalue weighted by atomic mass is 10.1. The summed E-state index contributed by atoms with van der Waals surface area (Å²) in [6.07, 6.45) is 7.02. The molecule has 4 nitrogen and oxygen atoms in total. The van der Waals surface area contributed by atoms with Crippen molar-refractivity contribution >= 4 is 7.14 Å². The number of hydrogen-bond donors (Lipinski definition) is 0. The van der Waals surface area contributed by atoms with Crippen molar-refractivity contribution in [3.8, 4) is 0 Å². The Balaban J connectivity index is 0.000000861. The standard InChI is InChI=1S/C12H22N3OP.C2H6/c1-11-8-13-15(9-11)12-4-6-14(7-5-12)10-17(2,3)16;1-2/h8-9,12H,4-7,10H2,1-3H3;1-2H3. The van der Waals surface area contributed by atoms with Gasteiger partial charge in [-0.05, 0) is 38.7 Å². The van der Waals surface area contributed by atoms with E-state index in [4.69, 9.17) is 0 Å². The smallest absolute Gasteiger partial charge is 0.0951 e. The third-order valence-corrected chi connectivity index (χ3v) is 4.28. The van der Waals surface area contributed by atoms with E-state index in [9.17, 15) is 4.57 Å². The van der Waals surface area contributed by atoms with E-state index < -0.39 is 7.14 Å². The Kier molecular flexibility index (Phi) is 6.28. The molecule has 0 spiro atoms. The van der Waals surface area contributed by atoms with Gasteiger partial charge in [0.15, 0.2) is 0 Å². The summed E-state index contributed by atoms with van der Waals surface area (Å²) < 4.78 is 13.9. The predicted molar refractivity (Wildman–Crippen MR) is 82.5 cm³/mol. The summed E-state index contributed by atoms with van der Waals surface area (Å²) in [5, 5.41) is 4.38. The minimum Gasteiger partial charge on any atom is -0.323 e. The highest BCUT2D eigenvalue weighted by Gasteiger charge is 2.23. The van der Waals surface area contributed by atoms with Crippen molar-refractivity contribution in [2.45, 2.75) is 39.7 Å². The average Bonchev–Trinajstić information content (AvgIpc) is 2.77. The molecule has 1 saturated heterocycles. The van der Waals surface area contributed by atoms with Gasteiger partial charge in [-0.1, -0.05) is 13.8 Å². The maximum absolute atomic E-state index is 11.8. The first-order valence-corrected chi connectivity index (χ1v) is 10.00. The molecule has 2 heterocycles. The maximum Gasteiger partial charge on any atom is 0.0951 e. The zero-order chi connectivity index (χ0) is 14.5. The second-order valence-corrected chi connectivity index (χ2v) is 8.99. The van der Waals surface area contributed by atoms with Crippen LogP contribution in [0, 0.1) is 6.92 Å². The molecule has 0 aliphatic carbocycles. The van der Waals surface area contributed by atoms with E-state index in [0.717, 1.165) is 32.2 Å². The molecule has 5 heteroatoms. The Morgan fingerprint density at radius 3 is 2.32 bits per heavy atom. The van der Waals surface area contributed by atoms with E-state index in [2.05, 4.69) is 27.8 Å². The van der Waals surface area contributed by atoms with Gasteiger partial charge in [-0.3, -0.25) is 9.58 Å². The number of likely N-dealkylation sites (tertiary alicyclic amines) is 1. The van der Waals surface area contributed by atoms with E-state index in [-0.39, 0.29) is 0 Å². The second-order valence-electron chi connectivity index (χ2n) is 5.56. The van der Waals surface area contributed by atoms with Crippen LogP contribution in [0.5, 0.6) is 0 Å². The summed E-state index contributed by atoms with van der Waals surface area (Å²) in [5.41, 5.74) is 1.22. The molecule has 0 unspecified atom stereocenters. The highest BCUT2D eigenvalue weighted by atomic mass is 31.2. The molecule has 0 atom stereocenters. The van der Waals surface area contributed by atoms with Crippen LogP contribution in [0.15, 0.2) is 12.4 Å². The lowest BCUT2D eigenvalue weighted by Gasteiger charge is -2.32. The fourth-order valence-electron chi connectivity index (χ4n) is 2.44. The zero-order valence-electron chi connectivity index (χ0n) is 13.0. The Labute approximate surface area is 117 Å². The molecule has 2 rings (SSSR count). The minimum absolute atomic E-state index is 0.521. The molecular formula is C14H28N3OP. The van der Waals surface area contributed by atoms with Crippen LogP contribution < -0.4 is 0 Å². The fraction of sp³-hybridized carbons (Fsp3) is 0.786. The van der Waals surface area contributed by atoms with E-state index >= 15 is 0 Å². The number of rotatable bonds is 3. The van der Waals surface area contributed by atoms with Crippen LogP contribution in [-0.2, 0) is 4.57 Å². The fourth-order valence-corrected chi connectivity index (χ4v) is 3.69. The highest BCUT2D eigenvalue weighted by molar-refractivity contribution is 7.62. The summed E-state index contributed by atoms with van der Waals surface area (Å²) in [7, 11) is -1.92. The van der Waals surface area contributed by atoms with Crippen molar-refractivity contribution in [1.29, 1.82) is 0 Å². The lowest BCUT2D eigenvalue weighted by molar-refractivity contribution is 0.202. The van der Waals surface area contributed by atoms with E-state index in [0.29, 0.717) is 6.04 Å². The second kappa shape index (κ2) is 7.25. The van der Waals surface area contributed by atoms with Crippen molar-refractivity contribution < 1.29 is 4.57 Å². The van der Waals surface area contributed by atoms with Gasteiger partial charge < -0.3 is 4.57 Å². The molecule has 1 aliphatic rings. The quantitative estimate of drug-likeness (QED) is 0.799. The molecule has 0 bridgehead atoms. The molecule has 0 amide bonds. The van der Waals surface area contributed by atoms with Gasteiger partial charge in [0.2, 0.25) is 0 Å². The summed E-state index contributed by atoms with van der Waals surface area (Å²) in [4.78, 5) is 2.33. The zero-order valence-corrected chi connectivity index (χ0v) is 13.9. The van der Waals surface area contributed by atoms with Crippen LogP contribution in [0.4, 0.5) is 0 Å². The Bertz CT molecular complexity index is 416. The lowest BCUT2D eigenvalue weighted by Crippen LogP contribution is -2.35. The van der Waals surface area contributed by atoms with Crippen LogP contribution >= 0.6 is 7.14 Å². The average molecular weight is 285 g/mol. The maximum atomic E-state index is 11.8. The minimum atomic E-state index is -1.92. The first kappa shape index (κ1) is 16.5. The first-order valence-electron chi connectivity index (χ1n) is 7.21. The summed E-state index contributed by atoms with van der Waals surface area (Å²) >= 11 is 0. The van der Waals surface area contributed by atoms with Gasteiger partial charge in [-0.15, -0.1) is 0 Å². The topological polar surface area (TPSA) is 38.1 Å². The van der Waals surface area contributed by atoms with Gasteiger partial charge in [0.25, 0.3) is 0 Å². The van der Waals surface area contributed by atoms with Gasteiger partial charge in [-0.25, -0.2) is 0 Å². The van der Waals surface area contributed by atoms with Crippen molar-refractivity contribution in [3.63, 3.8) is 0 Å². The van der Waals surface area contributed by atoms with Gasteiger partial charge in [0, 0.05) is 19.3 Å². The normalized spacial score (nSPS) is 17.9. The molecular weight excluding hydrogens is 257 g/mol. The number of hydrogen-bond acceptors (Lipinski definition) is 3. The molecule has 0 saturated carbocycles. The summed E-state index contributed by atoms with van der Waals surface area (Å²) in [6.45, 7) is 11.9. The van der Waals surface area contributed by atoms with Crippen LogP contribution in [0.25, 0.3) is 0 Å². The molecule has 19 heavy (non-hydrogen) atoms. The number of aromatic nitrogens is 2. The third kappa shape index (κ3) is 5.50. The number of aryl methyl sites for hydroxylation is 1. The molecule has 1 aromatic rings. The number of piperidine rings is 1. The van der Waals surface area contributed by atoms with Crippen LogP contribution in [0.3, 0.4) is 0 Å². The Morgan fingerprint density at radius 1 is 1.32 bits per heavy atom. The molecule has 1 fully saturated rings. The predicted octanol–water partition coefficient (Wildman–Crippen LogP) is 3.43. The van der Waals surface area contributed by atoms with Gasteiger partial charge in [0.1, 0.15) is 0 Å². The Morgan fingerprint density at radius 2 is 1.89 bits per heavy atom. The Hall–Kier alpha value is -0.600. The van der Waals surface area contributed by atoms with Crippen molar-refractivity contribution in [3.05, 3.63) is 18.0 Å². The van der Waals surface area contributed by atoms with Crippen molar-refractivity contribution in [1.82, 2.24) is 14.7 Å². The summed E-state index contributed by atoms with van der Waals surface area (Å²) in [6, 6.07) is 0.521. The molecule has 0 N–H and O–H groups in total. The van der Waals surface area contributed by atoms with Gasteiger partial charge >= 0.3 is 0 Å². The largest absolute Gasteiger partial charge is 0.323 e. The van der Waals surface area contributed by atoms with E-state index in [1.807, 2.05) is 33.4 Å². The molecule has 0 aromatic carbocycles. The highest BCUT2D eigenvalue weighted by Crippen LogP contribution is 2.37. The SMILES string of the molecule is CC.Cc1cnn(C2CCN(CP(C)(C)=O)CC2)c1. The van der Waals surface area contributed by atoms with E-state index in [1.54, 1.807) is 0 Å². The van der Waals surface area contributed by atoms with Crippen LogP contribution in [0.1, 0.15) is 38.3 Å². The molecule has 110 valence electrons. The molecule has 1 aliphatic heterocycles. The molecule has 1 aromatic heterocycles. The van der Waals surface area contributed by atoms with Gasteiger partial charge in [0.05, 0.1) is 25.7 Å². The van der Waals surface area contributed by atoms with Crippen molar-refractivity contribution in [2.24, 2.45) is 0 Å². The van der Waals surface area contributed by atoms with E-state index in [1.165, 1.54) is 5.56 Å². The summed E-state index contributed by atoms with van der Waals surface area (Å²) in [5.74, 6) is 0. The van der Waals surface area contributed by atoms with Crippen LogP contribution in [0.2, 0.25) is 0 Å². The first-order chi connectivity index (χ1) is 8.94. The van der Waals surface area contributed by atoms with Gasteiger partial charge in [-0.2, -0.15) is 5.10 Å². The number of nitrogens with zero attached hydrogens (tertiary/aromatic N) is 3. The monoisotopic (exact) mass is 285 g/mol.